The molecule has 1 fully saturated rings. The Morgan fingerprint density at radius 2 is 1.52 bits per heavy atom. The molecular formula is C20H19N3. The minimum absolute atomic E-state index is 0.604. The molecule has 1 heterocycles. The maximum Gasteiger partial charge on any atom is 0.121 e. The van der Waals surface area contributed by atoms with Gasteiger partial charge in [0.1, 0.15) is 5.69 Å². The maximum absolute atomic E-state index is 4.56. The van der Waals surface area contributed by atoms with E-state index in [0.29, 0.717) is 17.8 Å². The van der Waals surface area contributed by atoms with Crippen LogP contribution in [0.1, 0.15) is 36.8 Å². The van der Waals surface area contributed by atoms with Crippen molar-refractivity contribution in [2.75, 3.05) is 0 Å². The predicted molar refractivity (Wildman–Crippen MR) is 91.2 cm³/mol. The Labute approximate surface area is 136 Å². The highest BCUT2D eigenvalue weighted by Gasteiger charge is 2.51. The molecule has 3 atom stereocenters. The average molecular weight is 301 g/mol. The summed E-state index contributed by atoms with van der Waals surface area (Å²) >= 11 is 0. The van der Waals surface area contributed by atoms with Crippen LogP contribution in [-0.4, -0.2) is 15.0 Å². The van der Waals surface area contributed by atoms with Crippen LogP contribution >= 0.6 is 0 Å². The van der Waals surface area contributed by atoms with Gasteiger partial charge < -0.3 is 0 Å². The highest BCUT2D eigenvalue weighted by atomic mass is 15.4. The molecule has 1 saturated carbocycles. The molecule has 3 nitrogen and oxygen atoms in total. The number of fused-ring (bicyclic) bond motifs is 8. The molecule has 0 bridgehead atoms. The largest absolute Gasteiger partial charge is 0.244 e. The van der Waals surface area contributed by atoms with Gasteiger partial charge in [-0.1, -0.05) is 60.7 Å². The van der Waals surface area contributed by atoms with Gasteiger partial charge in [-0.25, -0.2) is 4.68 Å². The standard InChI is InChI=1S/C20H19N3/c1-3-23-20-16-11-7-5-9-14(16)18-12(2)17(18)13-8-4-6-10-15(13)19(20)21-22-23/h4-12,17-18H,3H2,1-2H3. The summed E-state index contributed by atoms with van der Waals surface area (Å²) in [7, 11) is 0. The summed E-state index contributed by atoms with van der Waals surface area (Å²) in [5.74, 6) is 1.90. The fraction of sp³-hybridized carbons (Fsp3) is 0.300. The first-order chi connectivity index (χ1) is 11.3. The molecule has 3 unspecified atom stereocenters. The minimum Gasteiger partial charge on any atom is -0.244 e. The van der Waals surface area contributed by atoms with E-state index in [2.05, 4.69) is 72.7 Å². The molecule has 0 N–H and O–H groups in total. The van der Waals surface area contributed by atoms with Crippen LogP contribution in [0.4, 0.5) is 0 Å². The molecule has 2 aliphatic rings. The van der Waals surface area contributed by atoms with Crippen LogP contribution in [0, 0.1) is 5.92 Å². The predicted octanol–water partition coefficient (Wildman–Crippen LogP) is 4.46. The van der Waals surface area contributed by atoms with Crippen LogP contribution in [0.15, 0.2) is 48.5 Å². The minimum atomic E-state index is 0.604. The van der Waals surface area contributed by atoms with Crippen molar-refractivity contribution in [3.8, 4) is 22.5 Å². The Morgan fingerprint density at radius 3 is 2.22 bits per heavy atom. The van der Waals surface area contributed by atoms with E-state index >= 15 is 0 Å². The first-order valence-electron chi connectivity index (χ1n) is 8.43. The van der Waals surface area contributed by atoms with Crippen molar-refractivity contribution in [2.45, 2.75) is 32.2 Å². The summed E-state index contributed by atoms with van der Waals surface area (Å²) in [5.41, 5.74) is 7.67. The number of rotatable bonds is 1. The van der Waals surface area contributed by atoms with E-state index in [1.54, 1.807) is 0 Å². The Kier molecular flexibility index (Phi) is 2.58. The lowest BCUT2D eigenvalue weighted by Gasteiger charge is -2.17. The third-order valence-electron chi connectivity index (χ3n) is 5.56. The van der Waals surface area contributed by atoms with Crippen molar-refractivity contribution in [2.24, 2.45) is 5.92 Å². The van der Waals surface area contributed by atoms with E-state index in [-0.39, 0.29) is 0 Å². The number of hydrogen-bond donors (Lipinski definition) is 0. The van der Waals surface area contributed by atoms with E-state index in [9.17, 15) is 0 Å². The van der Waals surface area contributed by atoms with Gasteiger partial charge in [0.2, 0.25) is 0 Å². The third kappa shape index (κ3) is 1.65. The summed E-state index contributed by atoms with van der Waals surface area (Å²) in [6.45, 7) is 5.34. The van der Waals surface area contributed by atoms with Crippen LogP contribution in [0.5, 0.6) is 0 Å². The first kappa shape index (κ1) is 13.1. The van der Waals surface area contributed by atoms with Gasteiger partial charge in [0.25, 0.3) is 0 Å². The second-order valence-electron chi connectivity index (χ2n) is 6.69. The van der Waals surface area contributed by atoms with E-state index < -0.39 is 0 Å². The number of aromatic nitrogens is 3. The lowest BCUT2D eigenvalue weighted by atomic mass is 9.89. The molecule has 3 heteroatoms. The van der Waals surface area contributed by atoms with Crippen molar-refractivity contribution in [3.63, 3.8) is 0 Å². The monoisotopic (exact) mass is 301 g/mol. The van der Waals surface area contributed by atoms with Gasteiger partial charge in [0, 0.05) is 17.7 Å². The fourth-order valence-electron chi connectivity index (χ4n) is 4.41. The molecule has 2 aliphatic carbocycles. The molecule has 114 valence electrons. The number of aryl methyl sites for hydroxylation is 1. The molecule has 1 aromatic heterocycles. The summed E-state index contributed by atoms with van der Waals surface area (Å²) in [5, 5.41) is 8.98. The molecule has 0 aliphatic heterocycles. The Morgan fingerprint density at radius 1 is 0.913 bits per heavy atom. The summed E-state index contributed by atoms with van der Waals surface area (Å²) in [6, 6.07) is 17.6. The summed E-state index contributed by atoms with van der Waals surface area (Å²) in [4.78, 5) is 0. The lowest BCUT2D eigenvalue weighted by molar-refractivity contribution is 0.632. The van der Waals surface area contributed by atoms with Crippen molar-refractivity contribution < 1.29 is 0 Å². The van der Waals surface area contributed by atoms with Gasteiger partial charge in [-0.05, 0) is 35.8 Å². The Hall–Kier alpha value is -2.42. The maximum atomic E-state index is 4.56. The number of benzene rings is 2. The van der Waals surface area contributed by atoms with Gasteiger partial charge in [-0.15, -0.1) is 5.10 Å². The molecule has 23 heavy (non-hydrogen) atoms. The average Bonchev–Trinajstić information content (AvgIpc) is 3.05. The highest BCUT2D eigenvalue weighted by Crippen LogP contribution is 2.64. The molecule has 5 rings (SSSR count). The van der Waals surface area contributed by atoms with Gasteiger partial charge in [-0.2, -0.15) is 0 Å². The third-order valence-corrected chi connectivity index (χ3v) is 5.56. The zero-order chi connectivity index (χ0) is 15.6. The molecule has 0 radical (unpaired) electrons. The van der Waals surface area contributed by atoms with Gasteiger partial charge in [0.15, 0.2) is 0 Å². The van der Waals surface area contributed by atoms with Crippen LogP contribution in [-0.2, 0) is 6.54 Å². The zero-order valence-electron chi connectivity index (χ0n) is 13.4. The molecular weight excluding hydrogens is 282 g/mol. The normalized spacial score (nSPS) is 23.8. The second-order valence-corrected chi connectivity index (χ2v) is 6.69. The molecule has 0 amide bonds. The first-order valence-corrected chi connectivity index (χ1v) is 8.43. The van der Waals surface area contributed by atoms with Gasteiger partial charge in [-0.3, -0.25) is 0 Å². The van der Waals surface area contributed by atoms with Crippen molar-refractivity contribution in [3.05, 3.63) is 59.7 Å². The van der Waals surface area contributed by atoms with Crippen LogP contribution in [0.25, 0.3) is 22.5 Å². The number of hydrogen-bond acceptors (Lipinski definition) is 2. The van der Waals surface area contributed by atoms with E-state index in [0.717, 1.165) is 12.2 Å². The van der Waals surface area contributed by atoms with Gasteiger partial charge >= 0.3 is 0 Å². The summed E-state index contributed by atoms with van der Waals surface area (Å²) in [6.07, 6.45) is 0. The second kappa shape index (κ2) is 4.54. The highest BCUT2D eigenvalue weighted by molar-refractivity contribution is 5.84. The molecule has 0 spiro atoms. The molecule has 3 aromatic rings. The Balaban J connectivity index is 1.90. The van der Waals surface area contributed by atoms with E-state index in [1.165, 1.54) is 27.9 Å². The van der Waals surface area contributed by atoms with E-state index in [1.807, 2.05) is 4.68 Å². The fourth-order valence-corrected chi connectivity index (χ4v) is 4.41. The van der Waals surface area contributed by atoms with Crippen molar-refractivity contribution in [1.82, 2.24) is 15.0 Å². The van der Waals surface area contributed by atoms with Crippen molar-refractivity contribution >= 4 is 0 Å². The van der Waals surface area contributed by atoms with Gasteiger partial charge in [0.05, 0.1) is 5.69 Å². The van der Waals surface area contributed by atoms with Crippen molar-refractivity contribution in [1.29, 1.82) is 0 Å². The Bertz CT molecular complexity index is 909. The molecule has 0 saturated heterocycles. The quantitative estimate of drug-likeness (QED) is 0.664. The topological polar surface area (TPSA) is 30.7 Å². The van der Waals surface area contributed by atoms with Crippen LogP contribution < -0.4 is 0 Å². The zero-order valence-corrected chi connectivity index (χ0v) is 13.4. The SMILES string of the molecule is CCn1nnc2c1-c1ccccc1C1C(C)C1c1ccccc1-2. The molecule has 2 aromatic carbocycles. The van der Waals surface area contributed by atoms with E-state index in [4.69, 9.17) is 0 Å². The number of nitrogens with zero attached hydrogens (tertiary/aromatic N) is 3. The van der Waals surface area contributed by atoms with Crippen LogP contribution in [0.3, 0.4) is 0 Å². The smallest absolute Gasteiger partial charge is 0.121 e. The lowest BCUT2D eigenvalue weighted by Crippen LogP contribution is -2.03. The summed E-state index contributed by atoms with van der Waals surface area (Å²) < 4.78 is 2.04. The van der Waals surface area contributed by atoms with Crippen LogP contribution in [0.2, 0.25) is 0 Å².